The summed E-state index contributed by atoms with van der Waals surface area (Å²) in [5.41, 5.74) is -0.489. The lowest BCUT2D eigenvalue weighted by Gasteiger charge is -2.27. The SMILES string of the molecule is CC(C)C(C)N(C)C(=O)c1ccnc(Cl)c1[N+](=O)[O-]. The fourth-order valence-electron chi connectivity index (χ4n) is 1.60. The summed E-state index contributed by atoms with van der Waals surface area (Å²) >= 11 is 5.69. The van der Waals surface area contributed by atoms with Crippen LogP contribution in [0.3, 0.4) is 0 Å². The summed E-state index contributed by atoms with van der Waals surface area (Å²) < 4.78 is 0. The molecule has 0 aromatic carbocycles. The number of amides is 1. The second-order valence-electron chi connectivity index (χ2n) is 4.66. The summed E-state index contributed by atoms with van der Waals surface area (Å²) in [7, 11) is 1.62. The van der Waals surface area contributed by atoms with Crippen LogP contribution in [0, 0.1) is 16.0 Å². The van der Waals surface area contributed by atoms with Gasteiger partial charge in [0.05, 0.1) is 4.92 Å². The van der Waals surface area contributed by atoms with Crippen LogP contribution in [0.4, 0.5) is 5.69 Å². The Morgan fingerprint density at radius 3 is 2.53 bits per heavy atom. The van der Waals surface area contributed by atoms with Crippen molar-refractivity contribution in [2.24, 2.45) is 5.92 Å². The van der Waals surface area contributed by atoms with Gasteiger partial charge < -0.3 is 4.90 Å². The van der Waals surface area contributed by atoms with E-state index in [0.717, 1.165) is 0 Å². The number of carbonyl (C=O) groups is 1. The lowest BCUT2D eigenvalue weighted by Crippen LogP contribution is -2.38. The lowest BCUT2D eigenvalue weighted by atomic mass is 10.0. The van der Waals surface area contributed by atoms with Gasteiger partial charge in [0.25, 0.3) is 5.91 Å². The maximum Gasteiger partial charge on any atom is 0.319 e. The van der Waals surface area contributed by atoms with Crippen LogP contribution in [0.5, 0.6) is 0 Å². The van der Waals surface area contributed by atoms with Crippen LogP contribution in [-0.2, 0) is 0 Å². The van der Waals surface area contributed by atoms with Gasteiger partial charge in [-0.2, -0.15) is 0 Å². The zero-order valence-corrected chi connectivity index (χ0v) is 12.0. The molecule has 0 bridgehead atoms. The molecule has 104 valence electrons. The molecule has 6 nitrogen and oxygen atoms in total. The Kier molecular flexibility index (Phi) is 4.83. The highest BCUT2D eigenvalue weighted by Gasteiger charge is 2.29. The number of aromatic nitrogens is 1. The largest absolute Gasteiger partial charge is 0.339 e. The molecular weight excluding hydrogens is 270 g/mol. The molecule has 0 aliphatic rings. The summed E-state index contributed by atoms with van der Waals surface area (Å²) in [6, 6.07) is 1.27. The van der Waals surface area contributed by atoms with Gasteiger partial charge in [0, 0.05) is 19.3 Å². The number of nitrogens with zero attached hydrogens (tertiary/aromatic N) is 3. The molecule has 7 heteroatoms. The number of hydrogen-bond acceptors (Lipinski definition) is 4. The summed E-state index contributed by atoms with van der Waals surface area (Å²) in [6.45, 7) is 5.84. The van der Waals surface area contributed by atoms with E-state index < -0.39 is 16.5 Å². The van der Waals surface area contributed by atoms with Crippen molar-refractivity contribution >= 4 is 23.2 Å². The highest BCUT2D eigenvalue weighted by molar-refractivity contribution is 6.32. The van der Waals surface area contributed by atoms with Crippen LogP contribution in [0.2, 0.25) is 5.15 Å². The Morgan fingerprint density at radius 1 is 1.47 bits per heavy atom. The summed E-state index contributed by atoms with van der Waals surface area (Å²) in [6.07, 6.45) is 1.29. The normalized spacial score (nSPS) is 12.3. The van der Waals surface area contributed by atoms with Crippen molar-refractivity contribution in [1.82, 2.24) is 9.88 Å². The zero-order valence-electron chi connectivity index (χ0n) is 11.3. The van der Waals surface area contributed by atoms with Crippen LogP contribution in [0.1, 0.15) is 31.1 Å². The highest BCUT2D eigenvalue weighted by Crippen LogP contribution is 2.27. The van der Waals surface area contributed by atoms with Crippen molar-refractivity contribution in [3.63, 3.8) is 0 Å². The monoisotopic (exact) mass is 285 g/mol. The highest BCUT2D eigenvalue weighted by atomic mass is 35.5. The second-order valence-corrected chi connectivity index (χ2v) is 5.01. The molecular formula is C12H16ClN3O3. The fourth-order valence-corrected chi connectivity index (χ4v) is 1.82. The third kappa shape index (κ3) is 3.20. The minimum atomic E-state index is -0.684. The maximum atomic E-state index is 12.3. The molecule has 1 aromatic rings. The van der Waals surface area contributed by atoms with Gasteiger partial charge in [-0.15, -0.1) is 0 Å². The van der Waals surface area contributed by atoms with Gasteiger partial charge >= 0.3 is 5.69 Å². The van der Waals surface area contributed by atoms with Gasteiger partial charge in [0.1, 0.15) is 5.56 Å². The van der Waals surface area contributed by atoms with Crippen LogP contribution >= 0.6 is 11.6 Å². The molecule has 0 saturated heterocycles. The number of hydrogen-bond donors (Lipinski definition) is 0. The van der Waals surface area contributed by atoms with Gasteiger partial charge in [-0.1, -0.05) is 25.4 Å². The minimum absolute atomic E-state index is 0.0417. The molecule has 0 saturated carbocycles. The van der Waals surface area contributed by atoms with E-state index in [9.17, 15) is 14.9 Å². The predicted octanol–water partition coefficient (Wildman–Crippen LogP) is 2.76. The molecule has 1 unspecified atom stereocenters. The van der Waals surface area contributed by atoms with E-state index in [0.29, 0.717) is 0 Å². The summed E-state index contributed by atoms with van der Waals surface area (Å²) in [5, 5.41) is 10.7. The van der Waals surface area contributed by atoms with Gasteiger partial charge in [0.2, 0.25) is 5.15 Å². The third-order valence-corrected chi connectivity index (χ3v) is 3.47. The molecule has 0 N–H and O–H groups in total. The average molecular weight is 286 g/mol. The van der Waals surface area contributed by atoms with Crippen molar-refractivity contribution in [3.05, 3.63) is 33.1 Å². The number of rotatable bonds is 4. The second kappa shape index (κ2) is 5.97. The van der Waals surface area contributed by atoms with E-state index in [4.69, 9.17) is 11.6 Å². The van der Waals surface area contributed by atoms with Gasteiger partial charge in [0.15, 0.2) is 0 Å². The lowest BCUT2D eigenvalue weighted by molar-refractivity contribution is -0.385. The first kappa shape index (κ1) is 15.4. The van der Waals surface area contributed by atoms with Crippen molar-refractivity contribution in [2.75, 3.05) is 7.05 Å². The zero-order chi connectivity index (χ0) is 14.7. The molecule has 1 rings (SSSR count). The Bertz CT molecular complexity index is 505. The van der Waals surface area contributed by atoms with Gasteiger partial charge in [-0.25, -0.2) is 4.98 Å². The molecule has 1 heterocycles. The first-order valence-electron chi connectivity index (χ1n) is 5.83. The van der Waals surface area contributed by atoms with Crippen molar-refractivity contribution in [2.45, 2.75) is 26.8 Å². The van der Waals surface area contributed by atoms with E-state index in [-0.39, 0.29) is 22.7 Å². The third-order valence-electron chi connectivity index (χ3n) is 3.19. The van der Waals surface area contributed by atoms with Crippen LogP contribution in [0.25, 0.3) is 0 Å². The summed E-state index contributed by atoms with van der Waals surface area (Å²) in [5.74, 6) is -0.192. The molecule has 1 amide bonds. The number of pyridine rings is 1. The molecule has 0 spiro atoms. The maximum absolute atomic E-state index is 12.3. The molecule has 1 atom stereocenters. The number of nitro groups is 1. The van der Waals surface area contributed by atoms with E-state index >= 15 is 0 Å². The van der Waals surface area contributed by atoms with Crippen LogP contribution < -0.4 is 0 Å². The Balaban J connectivity index is 3.20. The van der Waals surface area contributed by atoms with Crippen molar-refractivity contribution in [3.8, 4) is 0 Å². The van der Waals surface area contributed by atoms with E-state index in [1.807, 2.05) is 20.8 Å². The van der Waals surface area contributed by atoms with Crippen LogP contribution in [-0.4, -0.2) is 33.8 Å². The Hall–Kier alpha value is -1.69. The van der Waals surface area contributed by atoms with E-state index in [1.54, 1.807) is 7.05 Å². The minimum Gasteiger partial charge on any atom is -0.339 e. The molecule has 1 aromatic heterocycles. The Morgan fingerprint density at radius 2 is 2.05 bits per heavy atom. The van der Waals surface area contributed by atoms with Gasteiger partial charge in [-0.3, -0.25) is 14.9 Å². The number of halogens is 1. The quantitative estimate of drug-likeness (QED) is 0.484. The predicted molar refractivity (Wildman–Crippen MR) is 72.3 cm³/mol. The van der Waals surface area contributed by atoms with Crippen LogP contribution in [0.15, 0.2) is 12.3 Å². The van der Waals surface area contributed by atoms with E-state index in [2.05, 4.69) is 4.98 Å². The molecule has 0 radical (unpaired) electrons. The molecule has 0 fully saturated rings. The molecule has 0 aliphatic heterocycles. The Labute approximate surface area is 116 Å². The topological polar surface area (TPSA) is 76.3 Å². The smallest absolute Gasteiger partial charge is 0.319 e. The van der Waals surface area contributed by atoms with Gasteiger partial charge in [-0.05, 0) is 18.9 Å². The van der Waals surface area contributed by atoms with Crippen molar-refractivity contribution in [1.29, 1.82) is 0 Å². The van der Waals surface area contributed by atoms with Crippen molar-refractivity contribution < 1.29 is 9.72 Å². The molecule has 0 aliphatic carbocycles. The standard InChI is InChI=1S/C12H16ClN3O3/c1-7(2)8(3)15(4)12(17)9-5-6-14-11(13)10(9)16(18)19/h5-8H,1-4H3. The van der Waals surface area contributed by atoms with E-state index in [1.165, 1.54) is 17.2 Å². The number of carbonyl (C=O) groups excluding carboxylic acids is 1. The average Bonchev–Trinajstić information content (AvgIpc) is 2.35. The first-order valence-corrected chi connectivity index (χ1v) is 6.21. The fraction of sp³-hybridized carbons (Fsp3) is 0.500. The molecule has 19 heavy (non-hydrogen) atoms. The summed E-state index contributed by atoms with van der Waals surface area (Å²) in [4.78, 5) is 27.7. The first-order chi connectivity index (χ1) is 8.77.